The highest BCUT2D eigenvalue weighted by Gasteiger charge is 2.10. The fraction of sp³-hybridized carbons (Fsp3) is 0.200. The molecule has 2 heterocycles. The van der Waals surface area contributed by atoms with E-state index in [9.17, 15) is 5.26 Å². The number of rotatable bonds is 5. The van der Waals surface area contributed by atoms with Crippen molar-refractivity contribution in [1.82, 2.24) is 9.38 Å². The third-order valence-corrected chi connectivity index (χ3v) is 4.86. The van der Waals surface area contributed by atoms with Crippen molar-refractivity contribution in [1.29, 1.82) is 5.26 Å². The number of fused-ring (bicyclic) bond motifs is 1. The molecule has 30 heavy (non-hydrogen) atoms. The number of anilines is 3. The molecule has 0 aliphatic heterocycles. The van der Waals surface area contributed by atoms with Gasteiger partial charge in [0.05, 0.1) is 29.2 Å². The number of hydrogen-bond donors (Lipinski definition) is 1. The molecule has 0 saturated carbocycles. The van der Waals surface area contributed by atoms with Crippen LogP contribution in [0.15, 0.2) is 73.1 Å². The molecule has 4 rings (SSSR count). The first-order valence-corrected chi connectivity index (χ1v) is 10.2. The SMILES string of the molecule is CC.CCN(C)c1cccc(Nc2cccn3c(-c4cccc(C#N)c4)cnc23)c1. The van der Waals surface area contributed by atoms with Crippen molar-refractivity contribution >= 4 is 22.7 Å². The van der Waals surface area contributed by atoms with Gasteiger partial charge in [-0.25, -0.2) is 4.98 Å². The lowest BCUT2D eigenvalue weighted by atomic mass is 10.1. The van der Waals surface area contributed by atoms with Gasteiger partial charge in [0.1, 0.15) is 0 Å². The molecular weight excluding hydrogens is 370 g/mol. The molecule has 152 valence electrons. The summed E-state index contributed by atoms with van der Waals surface area (Å²) < 4.78 is 2.04. The van der Waals surface area contributed by atoms with Crippen LogP contribution in [0.1, 0.15) is 26.3 Å². The number of imidazole rings is 1. The molecule has 2 aromatic carbocycles. The molecule has 0 spiro atoms. The fourth-order valence-corrected chi connectivity index (χ4v) is 3.23. The zero-order chi connectivity index (χ0) is 21.5. The average molecular weight is 398 g/mol. The molecule has 0 aliphatic rings. The van der Waals surface area contributed by atoms with Crippen LogP contribution in [0.2, 0.25) is 0 Å². The number of nitrogens with one attached hydrogen (secondary N) is 1. The van der Waals surface area contributed by atoms with E-state index < -0.39 is 0 Å². The van der Waals surface area contributed by atoms with Crippen LogP contribution in [0.4, 0.5) is 17.1 Å². The van der Waals surface area contributed by atoms with Gasteiger partial charge in [0.15, 0.2) is 5.65 Å². The lowest BCUT2D eigenvalue weighted by Crippen LogP contribution is -2.15. The monoisotopic (exact) mass is 397 g/mol. The molecule has 2 aromatic heterocycles. The van der Waals surface area contributed by atoms with Gasteiger partial charge >= 0.3 is 0 Å². The van der Waals surface area contributed by atoms with Crippen LogP contribution in [0.3, 0.4) is 0 Å². The van der Waals surface area contributed by atoms with Gasteiger partial charge in [-0.2, -0.15) is 5.26 Å². The van der Waals surface area contributed by atoms with E-state index in [1.807, 2.05) is 67.0 Å². The Morgan fingerprint density at radius 3 is 2.63 bits per heavy atom. The standard InChI is InChI=1S/C23H21N5.C2H6/c1-3-27(2)20-10-5-9-19(14-20)26-21-11-6-12-28-22(16-25-23(21)28)18-8-4-7-17(13-18)15-24;1-2/h4-14,16,26H,3H2,1-2H3;1-2H3. The normalized spacial score (nSPS) is 10.1. The largest absolute Gasteiger partial charge is 0.375 e. The Bertz CT molecular complexity index is 1170. The third-order valence-electron chi connectivity index (χ3n) is 4.86. The third kappa shape index (κ3) is 4.28. The van der Waals surface area contributed by atoms with Gasteiger partial charge in [0, 0.05) is 36.7 Å². The summed E-state index contributed by atoms with van der Waals surface area (Å²) in [5.74, 6) is 0. The molecule has 0 bridgehead atoms. The molecule has 5 nitrogen and oxygen atoms in total. The summed E-state index contributed by atoms with van der Waals surface area (Å²) in [7, 11) is 2.08. The van der Waals surface area contributed by atoms with Crippen molar-refractivity contribution in [2.24, 2.45) is 0 Å². The van der Waals surface area contributed by atoms with E-state index in [0.717, 1.165) is 40.5 Å². The van der Waals surface area contributed by atoms with E-state index in [1.54, 1.807) is 6.07 Å². The molecular formula is C25H27N5. The summed E-state index contributed by atoms with van der Waals surface area (Å²) in [5, 5.41) is 12.7. The Hall–Kier alpha value is -3.78. The minimum absolute atomic E-state index is 0.638. The number of benzene rings is 2. The number of pyridine rings is 1. The van der Waals surface area contributed by atoms with Crippen LogP contribution in [0.25, 0.3) is 16.9 Å². The Balaban J connectivity index is 0.00000124. The summed E-state index contributed by atoms with van der Waals surface area (Å²) >= 11 is 0. The lowest BCUT2D eigenvalue weighted by molar-refractivity contribution is 0.968. The Morgan fingerprint density at radius 1 is 1.07 bits per heavy atom. The van der Waals surface area contributed by atoms with Gasteiger partial charge in [0.2, 0.25) is 0 Å². The van der Waals surface area contributed by atoms with Crippen LogP contribution in [0.5, 0.6) is 0 Å². The number of aromatic nitrogens is 2. The molecule has 0 aliphatic carbocycles. The summed E-state index contributed by atoms with van der Waals surface area (Å²) in [5.41, 5.74) is 6.51. The lowest BCUT2D eigenvalue weighted by Gasteiger charge is -2.18. The Kier molecular flexibility index (Phi) is 6.71. The van der Waals surface area contributed by atoms with E-state index in [2.05, 4.69) is 53.4 Å². The molecule has 0 saturated heterocycles. The second kappa shape index (κ2) is 9.62. The summed E-state index contributed by atoms with van der Waals surface area (Å²) in [6, 6.07) is 22.1. The average Bonchev–Trinajstić information content (AvgIpc) is 3.25. The minimum atomic E-state index is 0.638. The predicted octanol–water partition coefficient (Wildman–Crippen LogP) is 6.10. The second-order valence-corrected chi connectivity index (χ2v) is 6.64. The maximum Gasteiger partial charge on any atom is 0.161 e. The molecule has 0 fully saturated rings. The van der Waals surface area contributed by atoms with Crippen molar-refractivity contribution in [2.75, 3.05) is 23.8 Å². The van der Waals surface area contributed by atoms with Crippen molar-refractivity contribution in [3.05, 3.63) is 78.6 Å². The number of hydrogen-bond acceptors (Lipinski definition) is 4. The quantitative estimate of drug-likeness (QED) is 0.442. The smallest absolute Gasteiger partial charge is 0.161 e. The number of nitrogens with zero attached hydrogens (tertiary/aromatic N) is 4. The van der Waals surface area contributed by atoms with E-state index in [-0.39, 0.29) is 0 Å². The highest BCUT2D eigenvalue weighted by molar-refractivity contribution is 5.78. The highest BCUT2D eigenvalue weighted by Crippen LogP contribution is 2.28. The van der Waals surface area contributed by atoms with Crippen LogP contribution in [0, 0.1) is 11.3 Å². The van der Waals surface area contributed by atoms with Gasteiger partial charge in [-0.05, 0) is 49.4 Å². The fourth-order valence-electron chi connectivity index (χ4n) is 3.23. The van der Waals surface area contributed by atoms with Crippen LogP contribution in [-0.4, -0.2) is 23.0 Å². The molecule has 0 amide bonds. The molecule has 4 aromatic rings. The van der Waals surface area contributed by atoms with Gasteiger partial charge in [-0.1, -0.05) is 32.0 Å². The van der Waals surface area contributed by atoms with Gasteiger partial charge in [-0.15, -0.1) is 0 Å². The second-order valence-electron chi connectivity index (χ2n) is 6.64. The first-order chi connectivity index (χ1) is 14.7. The highest BCUT2D eigenvalue weighted by atomic mass is 15.1. The topological polar surface area (TPSA) is 56.4 Å². The van der Waals surface area contributed by atoms with Gasteiger partial charge in [-0.3, -0.25) is 4.40 Å². The van der Waals surface area contributed by atoms with Crippen LogP contribution in [-0.2, 0) is 0 Å². The predicted molar refractivity (Wildman–Crippen MR) is 125 cm³/mol. The zero-order valence-corrected chi connectivity index (χ0v) is 17.9. The molecule has 0 atom stereocenters. The first-order valence-electron chi connectivity index (χ1n) is 10.2. The molecule has 0 unspecified atom stereocenters. The molecule has 1 N–H and O–H groups in total. The Labute approximate surface area is 178 Å². The maximum atomic E-state index is 9.17. The van der Waals surface area contributed by atoms with Crippen molar-refractivity contribution < 1.29 is 0 Å². The maximum absolute atomic E-state index is 9.17. The van der Waals surface area contributed by atoms with E-state index in [4.69, 9.17) is 0 Å². The number of nitriles is 1. The Morgan fingerprint density at radius 2 is 1.87 bits per heavy atom. The van der Waals surface area contributed by atoms with Gasteiger partial charge in [0.25, 0.3) is 0 Å². The van der Waals surface area contributed by atoms with Gasteiger partial charge < -0.3 is 10.2 Å². The van der Waals surface area contributed by atoms with Crippen LogP contribution < -0.4 is 10.2 Å². The minimum Gasteiger partial charge on any atom is -0.375 e. The zero-order valence-electron chi connectivity index (χ0n) is 17.9. The molecule has 0 radical (unpaired) electrons. The molecule has 5 heteroatoms. The van der Waals surface area contributed by atoms with Crippen LogP contribution >= 0.6 is 0 Å². The summed E-state index contributed by atoms with van der Waals surface area (Å²) in [6.45, 7) is 7.08. The van der Waals surface area contributed by atoms with Crippen molar-refractivity contribution in [2.45, 2.75) is 20.8 Å². The van der Waals surface area contributed by atoms with E-state index in [0.29, 0.717) is 5.56 Å². The summed E-state index contributed by atoms with van der Waals surface area (Å²) in [4.78, 5) is 6.82. The van der Waals surface area contributed by atoms with E-state index >= 15 is 0 Å². The van der Waals surface area contributed by atoms with E-state index in [1.165, 1.54) is 0 Å². The van der Waals surface area contributed by atoms with Crippen molar-refractivity contribution in [3.8, 4) is 17.3 Å². The van der Waals surface area contributed by atoms with Crippen molar-refractivity contribution in [3.63, 3.8) is 0 Å². The summed E-state index contributed by atoms with van der Waals surface area (Å²) in [6.07, 6.45) is 3.83. The first kappa shape index (κ1) is 20.9.